The predicted molar refractivity (Wildman–Crippen MR) is 107 cm³/mol. The van der Waals surface area contributed by atoms with Crippen molar-refractivity contribution in [3.63, 3.8) is 0 Å². The maximum Gasteiger partial charge on any atom is 0.243 e. The van der Waals surface area contributed by atoms with Gasteiger partial charge in [0.25, 0.3) is 0 Å². The van der Waals surface area contributed by atoms with Crippen LogP contribution in [0.4, 0.5) is 0 Å². The number of benzene rings is 1. The molecular weight excluding hydrogens is 392 g/mol. The van der Waals surface area contributed by atoms with Crippen LogP contribution in [-0.4, -0.2) is 48.9 Å². The van der Waals surface area contributed by atoms with Crippen LogP contribution in [0.25, 0.3) is 11.0 Å². The molecule has 7 nitrogen and oxygen atoms in total. The van der Waals surface area contributed by atoms with Crippen LogP contribution in [0, 0.1) is 13.8 Å². The van der Waals surface area contributed by atoms with Gasteiger partial charge in [0.15, 0.2) is 0 Å². The van der Waals surface area contributed by atoms with Gasteiger partial charge >= 0.3 is 0 Å². The van der Waals surface area contributed by atoms with Crippen LogP contribution in [0.5, 0.6) is 0 Å². The van der Waals surface area contributed by atoms with Crippen molar-refractivity contribution in [2.24, 2.45) is 0 Å². The summed E-state index contributed by atoms with van der Waals surface area (Å²) in [5.41, 5.74) is 3.56. The second kappa shape index (κ2) is 6.56. The van der Waals surface area contributed by atoms with E-state index in [1.54, 1.807) is 30.5 Å². The molecule has 1 N–H and O–H groups in total. The van der Waals surface area contributed by atoms with E-state index in [0.29, 0.717) is 37.5 Å². The Morgan fingerprint density at radius 1 is 1.03 bits per heavy atom. The van der Waals surface area contributed by atoms with Crippen LogP contribution in [0.2, 0.25) is 0 Å². The molecule has 0 saturated heterocycles. The quantitative estimate of drug-likeness (QED) is 0.661. The van der Waals surface area contributed by atoms with Gasteiger partial charge in [0.2, 0.25) is 10.0 Å². The Morgan fingerprint density at radius 3 is 2.41 bits per heavy atom. The van der Waals surface area contributed by atoms with Gasteiger partial charge in [-0.25, -0.2) is 8.42 Å². The molecule has 29 heavy (non-hydrogen) atoms. The summed E-state index contributed by atoms with van der Waals surface area (Å²) in [6.07, 6.45) is 0.794. The van der Waals surface area contributed by atoms with E-state index in [1.165, 1.54) is 4.31 Å². The molecule has 0 bridgehead atoms. The van der Waals surface area contributed by atoms with Gasteiger partial charge in [-0.15, -0.1) is 0 Å². The van der Waals surface area contributed by atoms with Crippen molar-refractivity contribution in [1.82, 2.24) is 9.21 Å². The highest BCUT2D eigenvalue weighted by Crippen LogP contribution is 2.35. The van der Waals surface area contributed by atoms with Crippen molar-refractivity contribution >= 4 is 21.0 Å². The predicted octanol–water partition coefficient (Wildman–Crippen LogP) is 2.95. The molecule has 5 rings (SSSR count). The summed E-state index contributed by atoms with van der Waals surface area (Å²) in [4.78, 5) is 2.22. The molecule has 0 spiro atoms. The van der Waals surface area contributed by atoms with E-state index in [9.17, 15) is 13.5 Å². The third-order valence-electron chi connectivity index (χ3n) is 5.79. The molecule has 1 unspecified atom stereocenters. The number of rotatable bonds is 4. The smallest absolute Gasteiger partial charge is 0.243 e. The number of aliphatic hydroxyl groups is 1. The van der Waals surface area contributed by atoms with Crippen LogP contribution in [-0.2, 0) is 10.0 Å². The summed E-state index contributed by atoms with van der Waals surface area (Å²) in [5.74, 6) is 1.48. The van der Waals surface area contributed by atoms with Crippen molar-refractivity contribution in [2.75, 3.05) is 26.2 Å². The Balaban J connectivity index is 1.31. The molecule has 0 saturated carbocycles. The van der Waals surface area contributed by atoms with Crippen molar-refractivity contribution in [3.05, 3.63) is 64.8 Å². The number of aliphatic hydroxyl groups excluding tert-OH is 1. The lowest BCUT2D eigenvalue weighted by Gasteiger charge is -2.26. The number of furan rings is 2. The summed E-state index contributed by atoms with van der Waals surface area (Å²) in [6.45, 7) is 5.50. The summed E-state index contributed by atoms with van der Waals surface area (Å²) >= 11 is 0. The first-order valence-corrected chi connectivity index (χ1v) is 10.9. The third-order valence-corrected chi connectivity index (χ3v) is 7.58. The fourth-order valence-corrected chi connectivity index (χ4v) is 5.74. The SMILES string of the molecule is Cc1cc(C(O)N2CC3=C(C2)CN(S(=O)(=O)c2ccc4occc4c2)C3)c(C)o1. The number of hydrogen-bond donors (Lipinski definition) is 1. The Morgan fingerprint density at radius 2 is 1.76 bits per heavy atom. The highest BCUT2D eigenvalue weighted by molar-refractivity contribution is 7.89. The monoisotopic (exact) mass is 414 g/mol. The van der Waals surface area contributed by atoms with Crippen molar-refractivity contribution in [1.29, 1.82) is 0 Å². The molecule has 3 aromatic rings. The zero-order valence-corrected chi connectivity index (χ0v) is 17.1. The van der Waals surface area contributed by atoms with Gasteiger partial charge in [0.05, 0.1) is 11.2 Å². The topological polar surface area (TPSA) is 87.1 Å². The molecule has 0 aliphatic carbocycles. The standard InChI is InChI=1S/C21H22N2O5S/c1-13-7-19(14(2)28-13)21(24)22-9-16-11-23(12-17(16)10-22)29(25,26)18-3-4-20-15(8-18)5-6-27-20/h3-8,21,24H,9-12H2,1-2H3. The normalized spacial score (nSPS) is 19.4. The average Bonchev–Trinajstić information content (AvgIpc) is 3.42. The first-order valence-electron chi connectivity index (χ1n) is 9.49. The largest absolute Gasteiger partial charge is 0.466 e. The molecule has 4 heterocycles. The van der Waals surface area contributed by atoms with Gasteiger partial charge in [-0.3, -0.25) is 4.90 Å². The Labute approximate surface area is 168 Å². The Kier molecular flexibility index (Phi) is 4.22. The van der Waals surface area contributed by atoms with E-state index in [-0.39, 0.29) is 4.90 Å². The van der Waals surface area contributed by atoms with Gasteiger partial charge < -0.3 is 13.9 Å². The fourth-order valence-electron chi connectivity index (χ4n) is 4.28. The van der Waals surface area contributed by atoms with E-state index in [4.69, 9.17) is 8.83 Å². The zero-order valence-electron chi connectivity index (χ0n) is 16.3. The summed E-state index contributed by atoms with van der Waals surface area (Å²) in [7, 11) is -3.59. The van der Waals surface area contributed by atoms with Crippen molar-refractivity contribution in [2.45, 2.75) is 25.0 Å². The van der Waals surface area contributed by atoms with E-state index >= 15 is 0 Å². The Bertz CT molecular complexity index is 1220. The molecule has 152 valence electrons. The van der Waals surface area contributed by atoms with E-state index in [2.05, 4.69) is 0 Å². The third kappa shape index (κ3) is 3.03. The molecule has 0 amide bonds. The molecule has 0 fully saturated rings. The summed E-state index contributed by atoms with van der Waals surface area (Å²) in [5, 5.41) is 11.5. The van der Waals surface area contributed by atoms with Gasteiger partial charge in [0.1, 0.15) is 23.3 Å². The first kappa shape index (κ1) is 18.6. The molecule has 2 aromatic heterocycles. The van der Waals surface area contributed by atoms with E-state index < -0.39 is 16.3 Å². The van der Waals surface area contributed by atoms with Crippen molar-refractivity contribution < 1.29 is 22.4 Å². The minimum absolute atomic E-state index is 0.272. The number of fused-ring (bicyclic) bond motifs is 1. The number of nitrogens with zero attached hydrogens (tertiary/aromatic N) is 2. The fraction of sp³-hybridized carbons (Fsp3) is 0.333. The van der Waals surface area contributed by atoms with E-state index in [1.807, 2.05) is 24.8 Å². The maximum atomic E-state index is 13.1. The molecular formula is C21H22N2O5S. The van der Waals surface area contributed by atoms with Crippen LogP contribution in [0.1, 0.15) is 23.3 Å². The zero-order chi connectivity index (χ0) is 20.3. The van der Waals surface area contributed by atoms with Crippen LogP contribution in [0.15, 0.2) is 61.5 Å². The van der Waals surface area contributed by atoms with Gasteiger partial charge in [-0.2, -0.15) is 4.31 Å². The summed E-state index contributed by atoms with van der Waals surface area (Å²) in [6, 6.07) is 8.54. The van der Waals surface area contributed by atoms with Gasteiger partial charge in [-0.1, -0.05) is 0 Å². The first-order chi connectivity index (χ1) is 13.8. The number of hydrogen-bond acceptors (Lipinski definition) is 6. The molecule has 8 heteroatoms. The van der Waals surface area contributed by atoms with Crippen LogP contribution >= 0.6 is 0 Å². The highest BCUT2D eigenvalue weighted by Gasteiger charge is 2.38. The van der Waals surface area contributed by atoms with Gasteiger partial charge in [-0.05, 0) is 55.3 Å². The molecule has 2 aliphatic heterocycles. The molecule has 2 aliphatic rings. The van der Waals surface area contributed by atoms with Crippen LogP contribution < -0.4 is 0 Å². The summed E-state index contributed by atoms with van der Waals surface area (Å²) < 4.78 is 38.6. The van der Waals surface area contributed by atoms with Gasteiger partial charge in [0, 0.05) is 37.1 Å². The second-order valence-electron chi connectivity index (χ2n) is 7.75. The maximum absolute atomic E-state index is 13.1. The number of aryl methyl sites for hydroxylation is 2. The molecule has 1 aromatic carbocycles. The van der Waals surface area contributed by atoms with Crippen molar-refractivity contribution in [3.8, 4) is 0 Å². The lowest BCUT2D eigenvalue weighted by Crippen LogP contribution is -2.35. The molecule has 1 atom stereocenters. The Hall–Kier alpha value is -2.39. The minimum atomic E-state index is -3.59. The lowest BCUT2D eigenvalue weighted by molar-refractivity contribution is 0.0183. The number of sulfonamides is 1. The highest BCUT2D eigenvalue weighted by atomic mass is 32.2. The second-order valence-corrected chi connectivity index (χ2v) is 9.69. The minimum Gasteiger partial charge on any atom is -0.466 e. The van der Waals surface area contributed by atoms with Crippen LogP contribution in [0.3, 0.4) is 0 Å². The molecule has 0 radical (unpaired) electrons. The van der Waals surface area contributed by atoms with E-state index in [0.717, 1.165) is 27.9 Å². The lowest BCUT2D eigenvalue weighted by atomic mass is 10.2. The average molecular weight is 414 g/mol.